The highest BCUT2D eigenvalue weighted by Gasteiger charge is 2.19. The number of imidazole rings is 1. The zero-order valence-corrected chi connectivity index (χ0v) is 11.3. The fourth-order valence-corrected chi connectivity index (χ4v) is 1.68. The molecule has 1 rings (SSSR count). The van der Waals surface area contributed by atoms with Gasteiger partial charge in [-0.3, -0.25) is 10.5 Å². The molecule has 0 aliphatic carbocycles. The number of ether oxygens (including phenoxy) is 1. The Kier molecular flexibility index (Phi) is 6.48. The molecule has 1 aromatic heterocycles. The largest absolute Gasteiger partial charge is 0.446 e. The zero-order chi connectivity index (χ0) is 14.3. The second kappa shape index (κ2) is 7.88. The van der Waals surface area contributed by atoms with Gasteiger partial charge in [0, 0.05) is 25.4 Å². The van der Waals surface area contributed by atoms with E-state index in [9.17, 15) is 4.79 Å². The highest BCUT2D eigenvalue weighted by molar-refractivity contribution is 5.75. The Labute approximate surface area is 113 Å². The fourth-order valence-electron chi connectivity index (χ4n) is 1.68. The quantitative estimate of drug-likeness (QED) is 0.324. The van der Waals surface area contributed by atoms with Crippen molar-refractivity contribution in [2.24, 2.45) is 24.2 Å². The molecule has 0 bridgehead atoms. The summed E-state index contributed by atoms with van der Waals surface area (Å²) in [7, 11) is 1.85. The lowest BCUT2D eigenvalue weighted by atomic mass is 10.2. The minimum absolute atomic E-state index is 0.380. The molecule has 1 heterocycles. The summed E-state index contributed by atoms with van der Waals surface area (Å²) in [6.45, 7) is 0.612. The third-order valence-electron chi connectivity index (χ3n) is 2.86. The molecule has 0 saturated carbocycles. The maximum Gasteiger partial charge on any atom is 0.324 e. The van der Waals surface area contributed by atoms with E-state index in [1.165, 1.54) is 0 Å². The number of aryl methyl sites for hydroxylation is 1. The van der Waals surface area contributed by atoms with Gasteiger partial charge in [0.25, 0.3) is 0 Å². The van der Waals surface area contributed by atoms with Crippen LogP contribution in [0.2, 0.25) is 0 Å². The van der Waals surface area contributed by atoms with Gasteiger partial charge in [0.2, 0.25) is 0 Å². The number of esters is 1. The fraction of sp³-hybridized carbons (Fsp3) is 0.667. The molecule has 0 aliphatic rings. The number of carbonyl (C=O) groups is 1. The summed E-state index contributed by atoms with van der Waals surface area (Å²) in [5, 5.41) is 0. The van der Waals surface area contributed by atoms with E-state index in [2.05, 4.69) is 4.98 Å². The summed E-state index contributed by atoms with van der Waals surface area (Å²) < 4.78 is 6.90. The first-order valence-corrected chi connectivity index (χ1v) is 6.41. The third-order valence-corrected chi connectivity index (χ3v) is 2.86. The molecule has 0 spiro atoms. The molecule has 0 saturated heterocycles. The maximum atomic E-state index is 11.7. The SMILES string of the molecule is Cn1cncc1C[C@H](N)C(=O)OC(N)CCCCN. The predicted molar refractivity (Wildman–Crippen MR) is 71.9 cm³/mol. The second-order valence-corrected chi connectivity index (χ2v) is 4.57. The van der Waals surface area contributed by atoms with Crippen molar-refractivity contribution in [1.82, 2.24) is 9.55 Å². The van der Waals surface area contributed by atoms with Gasteiger partial charge in [0.1, 0.15) is 6.04 Å². The molecule has 19 heavy (non-hydrogen) atoms. The van der Waals surface area contributed by atoms with Gasteiger partial charge in [-0.05, 0) is 25.8 Å². The molecule has 0 aromatic carbocycles. The van der Waals surface area contributed by atoms with Crippen LogP contribution >= 0.6 is 0 Å². The van der Waals surface area contributed by atoms with Crippen molar-refractivity contribution in [3.63, 3.8) is 0 Å². The summed E-state index contributed by atoms with van der Waals surface area (Å²) in [5.74, 6) is -0.485. The monoisotopic (exact) mass is 269 g/mol. The molecule has 0 amide bonds. The van der Waals surface area contributed by atoms with E-state index in [1.54, 1.807) is 12.5 Å². The zero-order valence-electron chi connectivity index (χ0n) is 11.3. The van der Waals surface area contributed by atoms with E-state index >= 15 is 0 Å². The number of aromatic nitrogens is 2. The number of nitrogens with zero attached hydrogens (tertiary/aromatic N) is 2. The van der Waals surface area contributed by atoms with Crippen molar-refractivity contribution < 1.29 is 9.53 Å². The van der Waals surface area contributed by atoms with E-state index in [-0.39, 0.29) is 0 Å². The highest BCUT2D eigenvalue weighted by Crippen LogP contribution is 2.04. The Morgan fingerprint density at radius 1 is 1.47 bits per heavy atom. The van der Waals surface area contributed by atoms with Gasteiger partial charge in [-0.2, -0.15) is 0 Å². The molecule has 1 aromatic rings. The van der Waals surface area contributed by atoms with Gasteiger partial charge in [-0.15, -0.1) is 0 Å². The smallest absolute Gasteiger partial charge is 0.324 e. The van der Waals surface area contributed by atoms with Crippen LogP contribution in [0.5, 0.6) is 0 Å². The Balaban J connectivity index is 2.34. The standard InChI is InChI=1S/C12H23N5O2/c1-17-8-16-7-9(17)6-10(14)12(18)19-11(15)4-2-3-5-13/h7-8,10-11H,2-6,13-15H2,1H3/t10-,11?/m0/s1. The minimum Gasteiger partial charge on any atom is -0.446 e. The van der Waals surface area contributed by atoms with Crippen LogP contribution in [0.1, 0.15) is 25.0 Å². The van der Waals surface area contributed by atoms with Gasteiger partial charge >= 0.3 is 5.97 Å². The van der Waals surface area contributed by atoms with E-state index in [4.69, 9.17) is 21.9 Å². The topological polar surface area (TPSA) is 122 Å². The van der Waals surface area contributed by atoms with Crippen molar-refractivity contribution in [3.05, 3.63) is 18.2 Å². The van der Waals surface area contributed by atoms with Crippen molar-refractivity contribution in [3.8, 4) is 0 Å². The van der Waals surface area contributed by atoms with Crippen LogP contribution < -0.4 is 17.2 Å². The predicted octanol–water partition coefficient (Wildman–Crippen LogP) is -0.753. The summed E-state index contributed by atoms with van der Waals surface area (Å²) in [6, 6.07) is -0.726. The average Bonchev–Trinajstić information content (AvgIpc) is 2.75. The molecule has 1 unspecified atom stereocenters. The first-order valence-electron chi connectivity index (χ1n) is 6.41. The second-order valence-electron chi connectivity index (χ2n) is 4.57. The molecule has 0 fully saturated rings. The lowest BCUT2D eigenvalue weighted by molar-refractivity contribution is -0.150. The number of hydrogen-bond donors (Lipinski definition) is 3. The van der Waals surface area contributed by atoms with Crippen molar-refractivity contribution in [2.75, 3.05) is 6.54 Å². The van der Waals surface area contributed by atoms with E-state index in [0.29, 0.717) is 19.4 Å². The van der Waals surface area contributed by atoms with E-state index < -0.39 is 18.2 Å². The molecule has 0 aliphatic heterocycles. The van der Waals surface area contributed by atoms with Gasteiger partial charge in [-0.25, -0.2) is 4.98 Å². The maximum absolute atomic E-state index is 11.7. The van der Waals surface area contributed by atoms with Crippen LogP contribution in [-0.4, -0.2) is 34.3 Å². The number of rotatable bonds is 8. The summed E-state index contributed by atoms with van der Waals surface area (Å²) in [5.41, 5.74) is 17.7. The van der Waals surface area contributed by atoms with Gasteiger partial charge in [0.15, 0.2) is 6.23 Å². The van der Waals surface area contributed by atoms with Gasteiger partial charge < -0.3 is 20.8 Å². The molecule has 0 radical (unpaired) electrons. The lowest BCUT2D eigenvalue weighted by Crippen LogP contribution is -2.39. The molecule has 108 valence electrons. The normalized spacial score (nSPS) is 14.1. The third kappa shape index (κ3) is 5.37. The van der Waals surface area contributed by atoms with Crippen molar-refractivity contribution >= 4 is 5.97 Å². The molecule has 2 atom stereocenters. The van der Waals surface area contributed by atoms with E-state index in [1.807, 2.05) is 11.6 Å². The first kappa shape index (κ1) is 15.6. The lowest BCUT2D eigenvalue weighted by Gasteiger charge is -2.16. The number of nitrogens with two attached hydrogens (primary N) is 3. The molecule has 7 nitrogen and oxygen atoms in total. The highest BCUT2D eigenvalue weighted by atomic mass is 16.6. The molecule has 7 heteroatoms. The average molecular weight is 269 g/mol. The van der Waals surface area contributed by atoms with Crippen LogP contribution in [0.4, 0.5) is 0 Å². The number of unbranched alkanes of at least 4 members (excludes halogenated alkanes) is 1. The van der Waals surface area contributed by atoms with Crippen molar-refractivity contribution in [1.29, 1.82) is 0 Å². The molecule has 6 N–H and O–H groups in total. The number of hydrogen-bond acceptors (Lipinski definition) is 6. The summed E-state index contributed by atoms with van der Waals surface area (Å²) in [6.07, 6.45) is 5.40. The molecular weight excluding hydrogens is 246 g/mol. The Hall–Kier alpha value is -1.44. The van der Waals surface area contributed by atoms with Gasteiger partial charge in [-0.1, -0.05) is 0 Å². The number of carbonyl (C=O) groups excluding carboxylic acids is 1. The van der Waals surface area contributed by atoms with Crippen LogP contribution in [0.3, 0.4) is 0 Å². The Morgan fingerprint density at radius 3 is 2.79 bits per heavy atom. The summed E-state index contributed by atoms with van der Waals surface area (Å²) >= 11 is 0. The van der Waals surface area contributed by atoms with Gasteiger partial charge in [0.05, 0.1) is 6.33 Å². The minimum atomic E-state index is -0.726. The Morgan fingerprint density at radius 2 is 2.21 bits per heavy atom. The first-order chi connectivity index (χ1) is 9.04. The van der Waals surface area contributed by atoms with Crippen molar-refractivity contribution in [2.45, 2.75) is 38.0 Å². The van der Waals surface area contributed by atoms with Crippen LogP contribution in [-0.2, 0) is 23.0 Å². The summed E-state index contributed by atoms with van der Waals surface area (Å²) in [4.78, 5) is 15.7. The van der Waals surface area contributed by atoms with Crippen LogP contribution in [0.15, 0.2) is 12.5 Å². The van der Waals surface area contributed by atoms with Crippen LogP contribution in [0, 0.1) is 0 Å². The Bertz CT molecular complexity index is 393. The van der Waals surface area contributed by atoms with E-state index in [0.717, 1.165) is 18.5 Å². The molecular formula is C12H23N5O2. The van der Waals surface area contributed by atoms with Crippen LogP contribution in [0.25, 0.3) is 0 Å².